The number of methoxy groups -OCH3 is 1. The molecule has 0 aromatic rings. The minimum absolute atomic E-state index is 0.0504. The van der Waals surface area contributed by atoms with Gasteiger partial charge in [0.2, 0.25) is 0 Å². The van der Waals surface area contributed by atoms with Crippen molar-refractivity contribution in [2.75, 3.05) is 13.9 Å². The van der Waals surface area contributed by atoms with E-state index in [2.05, 4.69) is 13.8 Å². The first kappa shape index (κ1) is 14.5. The summed E-state index contributed by atoms with van der Waals surface area (Å²) < 4.78 is 15.5. The van der Waals surface area contributed by atoms with E-state index in [9.17, 15) is 4.79 Å². The highest BCUT2D eigenvalue weighted by atomic mass is 16.7. The summed E-state index contributed by atoms with van der Waals surface area (Å²) in [5.41, 5.74) is 0. The first-order valence-corrected chi connectivity index (χ1v) is 6.51. The maximum atomic E-state index is 11.4. The van der Waals surface area contributed by atoms with Gasteiger partial charge in [-0.2, -0.15) is 0 Å². The zero-order valence-corrected chi connectivity index (χ0v) is 11.1. The van der Waals surface area contributed by atoms with Gasteiger partial charge >= 0.3 is 5.97 Å². The molecule has 1 fully saturated rings. The van der Waals surface area contributed by atoms with Crippen LogP contribution in [-0.2, 0) is 19.0 Å². The van der Waals surface area contributed by atoms with Crippen LogP contribution < -0.4 is 0 Å². The molecular formula is C13H24O4. The van der Waals surface area contributed by atoms with Crippen molar-refractivity contribution in [2.45, 2.75) is 58.2 Å². The van der Waals surface area contributed by atoms with Gasteiger partial charge in [-0.25, -0.2) is 0 Å². The summed E-state index contributed by atoms with van der Waals surface area (Å²) in [6.45, 7) is 4.33. The van der Waals surface area contributed by atoms with Crippen molar-refractivity contribution in [3.05, 3.63) is 0 Å². The summed E-state index contributed by atoms with van der Waals surface area (Å²) in [7, 11) is 1.51. The van der Waals surface area contributed by atoms with Gasteiger partial charge in [-0.15, -0.1) is 0 Å². The zero-order chi connectivity index (χ0) is 12.7. The fourth-order valence-corrected chi connectivity index (χ4v) is 2.40. The molecule has 0 aromatic carbocycles. The molecule has 3 atom stereocenters. The Hall–Kier alpha value is -0.610. The third kappa shape index (κ3) is 4.64. The van der Waals surface area contributed by atoms with Crippen molar-refractivity contribution in [3.63, 3.8) is 0 Å². The molecule has 1 aliphatic rings. The molecule has 0 amide bonds. The molecular weight excluding hydrogens is 220 g/mol. The normalized spacial score (nSPS) is 28.3. The lowest BCUT2D eigenvalue weighted by molar-refractivity contribution is -0.154. The number of hydrogen-bond donors (Lipinski definition) is 0. The maximum absolute atomic E-state index is 11.4. The summed E-state index contributed by atoms with van der Waals surface area (Å²) in [5.74, 6) is 0.321. The van der Waals surface area contributed by atoms with E-state index in [0.717, 1.165) is 25.7 Å². The van der Waals surface area contributed by atoms with Gasteiger partial charge in [0.1, 0.15) is 0 Å². The molecule has 0 aliphatic carbocycles. The second kappa shape index (κ2) is 7.67. The molecule has 0 radical (unpaired) electrons. The van der Waals surface area contributed by atoms with Crippen LogP contribution in [0.4, 0.5) is 0 Å². The number of carbonyl (C=O) groups excluding carboxylic acids is 1. The molecule has 0 bridgehead atoms. The summed E-state index contributed by atoms with van der Waals surface area (Å²) in [6.07, 6.45) is 5.17. The van der Waals surface area contributed by atoms with Crippen molar-refractivity contribution >= 4 is 5.97 Å². The van der Waals surface area contributed by atoms with Crippen LogP contribution in [0.3, 0.4) is 0 Å². The summed E-state index contributed by atoms with van der Waals surface area (Å²) in [5, 5.41) is 0. The summed E-state index contributed by atoms with van der Waals surface area (Å²) >= 11 is 0. The van der Waals surface area contributed by atoms with Crippen LogP contribution in [0, 0.1) is 5.92 Å². The highest BCUT2D eigenvalue weighted by Gasteiger charge is 2.32. The largest absolute Gasteiger partial charge is 0.438 e. The van der Waals surface area contributed by atoms with E-state index in [-0.39, 0.29) is 12.8 Å². The van der Waals surface area contributed by atoms with Gasteiger partial charge in [-0.1, -0.05) is 13.8 Å². The van der Waals surface area contributed by atoms with Crippen LogP contribution in [0.5, 0.6) is 0 Å². The lowest BCUT2D eigenvalue weighted by Gasteiger charge is -2.15. The minimum atomic E-state index is -0.179. The third-order valence-electron chi connectivity index (χ3n) is 3.37. The number of rotatable bonds is 7. The monoisotopic (exact) mass is 244 g/mol. The van der Waals surface area contributed by atoms with Crippen LogP contribution in [0.1, 0.15) is 46.0 Å². The number of hydrogen-bond acceptors (Lipinski definition) is 4. The molecule has 3 unspecified atom stereocenters. The molecule has 0 N–H and O–H groups in total. The lowest BCUT2D eigenvalue weighted by Crippen LogP contribution is -2.17. The Morgan fingerprint density at radius 2 is 2.12 bits per heavy atom. The Labute approximate surface area is 104 Å². The van der Waals surface area contributed by atoms with Crippen molar-refractivity contribution in [2.24, 2.45) is 5.92 Å². The van der Waals surface area contributed by atoms with Gasteiger partial charge in [0.25, 0.3) is 0 Å². The smallest absolute Gasteiger partial charge is 0.307 e. The highest BCUT2D eigenvalue weighted by Crippen LogP contribution is 2.33. The van der Waals surface area contributed by atoms with Crippen molar-refractivity contribution < 1.29 is 19.0 Å². The number of ether oxygens (including phenoxy) is 3. The minimum Gasteiger partial charge on any atom is -0.438 e. The van der Waals surface area contributed by atoms with E-state index in [1.54, 1.807) is 0 Å². The first-order chi connectivity index (χ1) is 8.21. The highest BCUT2D eigenvalue weighted by molar-refractivity contribution is 5.69. The van der Waals surface area contributed by atoms with E-state index < -0.39 is 0 Å². The van der Waals surface area contributed by atoms with Crippen LogP contribution in [0.25, 0.3) is 0 Å². The van der Waals surface area contributed by atoms with E-state index in [0.29, 0.717) is 24.5 Å². The first-order valence-electron chi connectivity index (χ1n) is 6.51. The molecule has 4 nitrogen and oxygen atoms in total. The number of carbonyl (C=O) groups is 1. The molecule has 1 saturated heterocycles. The zero-order valence-electron chi connectivity index (χ0n) is 11.1. The molecule has 17 heavy (non-hydrogen) atoms. The molecule has 1 aliphatic heterocycles. The molecule has 1 rings (SSSR count). The average Bonchev–Trinajstić information content (AvgIpc) is 2.76. The number of esters is 1. The van der Waals surface area contributed by atoms with Crippen LogP contribution in [-0.4, -0.2) is 32.1 Å². The van der Waals surface area contributed by atoms with Gasteiger partial charge in [-0.05, 0) is 31.6 Å². The lowest BCUT2D eigenvalue weighted by atomic mass is 9.92. The van der Waals surface area contributed by atoms with Gasteiger partial charge in [0.05, 0.1) is 12.2 Å². The topological polar surface area (TPSA) is 44.8 Å². The molecule has 0 aromatic heterocycles. The van der Waals surface area contributed by atoms with E-state index >= 15 is 0 Å². The Kier molecular flexibility index (Phi) is 6.52. The van der Waals surface area contributed by atoms with Crippen molar-refractivity contribution in [1.29, 1.82) is 0 Å². The predicted octanol–water partition coefficient (Wildman–Crippen LogP) is 2.51. The molecule has 1 heterocycles. The predicted molar refractivity (Wildman–Crippen MR) is 64.6 cm³/mol. The molecule has 0 spiro atoms. The van der Waals surface area contributed by atoms with E-state index in [1.807, 2.05) is 0 Å². The van der Waals surface area contributed by atoms with Crippen molar-refractivity contribution in [1.82, 2.24) is 0 Å². The fourth-order valence-electron chi connectivity index (χ4n) is 2.40. The average molecular weight is 244 g/mol. The van der Waals surface area contributed by atoms with Crippen molar-refractivity contribution in [3.8, 4) is 0 Å². The molecule has 4 heteroatoms. The SMILES string of the molecule is CCC1CC(CCC(=O)OCOC)C(CC)O1. The Bertz CT molecular complexity index is 229. The van der Waals surface area contributed by atoms with Gasteiger partial charge in [-0.3, -0.25) is 4.79 Å². The quantitative estimate of drug-likeness (QED) is 0.510. The fraction of sp³-hybridized carbons (Fsp3) is 0.923. The van der Waals surface area contributed by atoms with Crippen LogP contribution >= 0.6 is 0 Å². The van der Waals surface area contributed by atoms with Gasteiger partial charge in [0.15, 0.2) is 6.79 Å². The summed E-state index contributed by atoms with van der Waals surface area (Å²) in [6, 6.07) is 0. The van der Waals surface area contributed by atoms with Crippen LogP contribution in [0.2, 0.25) is 0 Å². The third-order valence-corrected chi connectivity index (χ3v) is 3.37. The standard InChI is InChI=1S/C13H24O4/c1-4-11-8-10(12(5-2)17-11)6-7-13(14)16-9-15-3/h10-12H,4-9H2,1-3H3. The van der Waals surface area contributed by atoms with E-state index in [1.165, 1.54) is 7.11 Å². The molecule has 0 saturated carbocycles. The van der Waals surface area contributed by atoms with Gasteiger partial charge in [0, 0.05) is 13.5 Å². The Balaban J connectivity index is 2.27. The van der Waals surface area contributed by atoms with Crippen LogP contribution in [0.15, 0.2) is 0 Å². The maximum Gasteiger partial charge on any atom is 0.307 e. The molecule has 100 valence electrons. The Morgan fingerprint density at radius 1 is 1.35 bits per heavy atom. The summed E-state index contributed by atoms with van der Waals surface area (Å²) in [4.78, 5) is 11.4. The second-order valence-corrected chi connectivity index (χ2v) is 4.57. The second-order valence-electron chi connectivity index (χ2n) is 4.57. The van der Waals surface area contributed by atoms with Gasteiger partial charge < -0.3 is 14.2 Å². The Morgan fingerprint density at radius 3 is 2.71 bits per heavy atom. The van der Waals surface area contributed by atoms with E-state index in [4.69, 9.17) is 14.2 Å².